The van der Waals surface area contributed by atoms with E-state index >= 15 is 0 Å². The first-order valence-corrected chi connectivity index (χ1v) is 8.05. The highest BCUT2D eigenvalue weighted by molar-refractivity contribution is 5.90. The van der Waals surface area contributed by atoms with Crippen LogP contribution in [-0.4, -0.2) is 37.0 Å². The second kappa shape index (κ2) is 10.1. The number of ether oxygens (including phenoxy) is 1. The van der Waals surface area contributed by atoms with Gasteiger partial charge in [-0.3, -0.25) is 9.59 Å². The Kier molecular flexibility index (Phi) is 8.22. The highest BCUT2D eigenvalue weighted by Gasteiger charge is 2.31. The van der Waals surface area contributed by atoms with Crippen molar-refractivity contribution in [1.82, 2.24) is 10.6 Å². The van der Waals surface area contributed by atoms with Crippen molar-refractivity contribution in [3.8, 4) is 6.07 Å². The van der Waals surface area contributed by atoms with Crippen LogP contribution in [0.15, 0.2) is 24.3 Å². The lowest BCUT2D eigenvalue weighted by molar-refractivity contribution is -0.146. The number of carbonyl (C=O) groups excluding carboxylic acids is 3. The molecule has 0 fully saturated rings. The zero-order chi connectivity index (χ0) is 19.7. The van der Waals surface area contributed by atoms with Crippen LogP contribution in [0.2, 0.25) is 0 Å². The summed E-state index contributed by atoms with van der Waals surface area (Å²) in [7, 11) is 1.17. The van der Waals surface area contributed by atoms with Gasteiger partial charge in [0.1, 0.15) is 17.9 Å². The Labute approximate surface area is 151 Å². The van der Waals surface area contributed by atoms with E-state index in [4.69, 9.17) is 5.26 Å². The van der Waals surface area contributed by atoms with Crippen LogP contribution in [0.4, 0.5) is 4.39 Å². The summed E-state index contributed by atoms with van der Waals surface area (Å²) < 4.78 is 18.5. The number of hydrogen-bond acceptors (Lipinski definition) is 5. The standard InChI is InChI=1S/C18H22FN3O4/c1-11(8-9-20)16(18(25)26-3)22-17(24)15(21-12(2)23)10-13-6-4-5-7-14(13)19/h4-7,11,15-16H,8,10H2,1-3H3,(H,21,23)(H,22,24)/t11-,15-,16+/m0/s1. The second-order valence-corrected chi connectivity index (χ2v) is 5.90. The number of amides is 2. The topological polar surface area (TPSA) is 108 Å². The molecule has 0 radical (unpaired) electrons. The van der Waals surface area contributed by atoms with E-state index in [2.05, 4.69) is 15.4 Å². The molecule has 2 N–H and O–H groups in total. The third-order valence-corrected chi connectivity index (χ3v) is 3.81. The molecule has 0 aliphatic rings. The van der Waals surface area contributed by atoms with Gasteiger partial charge in [0.25, 0.3) is 0 Å². The minimum absolute atomic E-state index is 0.0260. The summed E-state index contributed by atoms with van der Waals surface area (Å²) in [5, 5.41) is 13.8. The van der Waals surface area contributed by atoms with Crippen LogP contribution in [-0.2, 0) is 25.5 Å². The average molecular weight is 363 g/mol. The highest BCUT2D eigenvalue weighted by atomic mass is 19.1. The van der Waals surface area contributed by atoms with Gasteiger partial charge in [-0.2, -0.15) is 5.26 Å². The van der Waals surface area contributed by atoms with E-state index in [0.717, 1.165) is 0 Å². The smallest absolute Gasteiger partial charge is 0.328 e. The van der Waals surface area contributed by atoms with Crippen molar-refractivity contribution >= 4 is 17.8 Å². The zero-order valence-electron chi connectivity index (χ0n) is 14.9. The SMILES string of the molecule is COC(=O)[C@H](NC(=O)[C@H](Cc1ccccc1F)NC(C)=O)[C@@H](C)CC#N. The molecule has 0 aliphatic heterocycles. The molecule has 0 saturated carbocycles. The Bertz CT molecular complexity index is 702. The first kappa shape index (κ1) is 21.1. The lowest BCUT2D eigenvalue weighted by Gasteiger charge is -2.24. The van der Waals surface area contributed by atoms with Crippen molar-refractivity contribution in [2.75, 3.05) is 7.11 Å². The van der Waals surface area contributed by atoms with Crippen LogP contribution in [0.25, 0.3) is 0 Å². The summed E-state index contributed by atoms with van der Waals surface area (Å²) in [6.07, 6.45) is -0.0588. The van der Waals surface area contributed by atoms with Crippen LogP contribution in [0.3, 0.4) is 0 Å². The Morgan fingerprint density at radius 1 is 1.27 bits per heavy atom. The first-order chi connectivity index (χ1) is 12.3. The molecule has 0 aliphatic carbocycles. The van der Waals surface area contributed by atoms with Gasteiger partial charge in [0, 0.05) is 25.7 Å². The van der Waals surface area contributed by atoms with Gasteiger partial charge in [-0.1, -0.05) is 25.1 Å². The molecule has 7 nitrogen and oxygen atoms in total. The maximum absolute atomic E-state index is 13.9. The van der Waals surface area contributed by atoms with Crippen molar-refractivity contribution in [1.29, 1.82) is 5.26 Å². The normalized spacial score (nSPS) is 13.7. The van der Waals surface area contributed by atoms with E-state index in [9.17, 15) is 18.8 Å². The fraction of sp³-hybridized carbons (Fsp3) is 0.444. The molecule has 0 saturated heterocycles. The molecular formula is C18H22FN3O4. The third kappa shape index (κ3) is 6.16. The van der Waals surface area contributed by atoms with Crippen molar-refractivity contribution < 1.29 is 23.5 Å². The van der Waals surface area contributed by atoms with Gasteiger partial charge < -0.3 is 15.4 Å². The first-order valence-electron chi connectivity index (χ1n) is 8.05. The molecule has 8 heteroatoms. The Hall–Kier alpha value is -2.95. The van der Waals surface area contributed by atoms with Crippen molar-refractivity contribution in [2.24, 2.45) is 5.92 Å². The van der Waals surface area contributed by atoms with Gasteiger partial charge in [0.05, 0.1) is 13.2 Å². The summed E-state index contributed by atoms with van der Waals surface area (Å²) >= 11 is 0. The van der Waals surface area contributed by atoms with Gasteiger partial charge in [-0.15, -0.1) is 0 Å². The lowest BCUT2D eigenvalue weighted by Crippen LogP contribution is -2.54. The number of nitrogens with one attached hydrogen (secondary N) is 2. The maximum atomic E-state index is 13.9. The molecular weight excluding hydrogens is 341 g/mol. The summed E-state index contributed by atoms with van der Waals surface area (Å²) in [5.41, 5.74) is 0.251. The molecule has 0 heterocycles. The number of benzene rings is 1. The number of halogens is 1. The van der Waals surface area contributed by atoms with Gasteiger partial charge in [0.2, 0.25) is 11.8 Å². The van der Waals surface area contributed by atoms with Crippen LogP contribution >= 0.6 is 0 Å². The van der Waals surface area contributed by atoms with Crippen molar-refractivity contribution in [3.63, 3.8) is 0 Å². The third-order valence-electron chi connectivity index (χ3n) is 3.81. The second-order valence-electron chi connectivity index (χ2n) is 5.90. The molecule has 0 bridgehead atoms. The molecule has 0 aromatic heterocycles. The summed E-state index contributed by atoms with van der Waals surface area (Å²) in [4.78, 5) is 35.9. The predicted octanol–water partition coefficient (Wildman–Crippen LogP) is 1.08. The Morgan fingerprint density at radius 3 is 2.46 bits per heavy atom. The zero-order valence-corrected chi connectivity index (χ0v) is 14.9. The fourth-order valence-corrected chi connectivity index (χ4v) is 2.41. The Morgan fingerprint density at radius 2 is 1.92 bits per heavy atom. The summed E-state index contributed by atoms with van der Waals surface area (Å²) in [6, 6.07) is 5.70. The lowest BCUT2D eigenvalue weighted by atomic mass is 9.97. The van der Waals surface area contributed by atoms with Crippen molar-refractivity contribution in [3.05, 3.63) is 35.6 Å². The number of esters is 1. The van der Waals surface area contributed by atoms with E-state index in [1.807, 2.05) is 6.07 Å². The van der Waals surface area contributed by atoms with E-state index in [1.54, 1.807) is 13.0 Å². The molecule has 1 aromatic rings. The van der Waals surface area contributed by atoms with Gasteiger partial charge >= 0.3 is 5.97 Å². The quantitative estimate of drug-likeness (QED) is 0.672. The molecule has 26 heavy (non-hydrogen) atoms. The van der Waals surface area contributed by atoms with Crippen LogP contribution in [0.5, 0.6) is 0 Å². The molecule has 0 spiro atoms. The number of methoxy groups -OCH3 is 1. The van der Waals surface area contributed by atoms with Gasteiger partial charge in [0.15, 0.2) is 0 Å². The van der Waals surface area contributed by atoms with E-state index < -0.39 is 41.6 Å². The van der Waals surface area contributed by atoms with E-state index in [-0.39, 0.29) is 18.4 Å². The van der Waals surface area contributed by atoms with Crippen molar-refractivity contribution in [2.45, 2.75) is 38.8 Å². The monoisotopic (exact) mass is 363 g/mol. The summed E-state index contributed by atoms with van der Waals surface area (Å²) in [6.45, 7) is 2.85. The Balaban J connectivity index is 2.99. The number of hydrogen-bond donors (Lipinski definition) is 2. The molecule has 140 valence electrons. The number of nitriles is 1. The molecule has 0 unspecified atom stereocenters. The van der Waals surface area contributed by atoms with Crippen LogP contribution in [0, 0.1) is 23.1 Å². The molecule has 3 atom stereocenters. The van der Waals surface area contributed by atoms with Crippen LogP contribution < -0.4 is 10.6 Å². The minimum atomic E-state index is -1.08. The number of rotatable bonds is 8. The number of carbonyl (C=O) groups is 3. The van der Waals surface area contributed by atoms with Gasteiger partial charge in [-0.05, 0) is 11.6 Å². The van der Waals surface area contributed by atoms with E-state index in [1.165, 1.54) is 32.2 Å². The highest BCUT2D eigenvalue weighted by Crippen LogP contribution is 2.12. The minimum Gasteiger partial charge on any atom is -0.467 e. The fourth-order valence-electron chi connectivity index (χ4n) is 2.41. The van der Waals surface area contributed by atoms with E-state index in [0.29, 0.717) is 0 Å². The maximum Gasteiger partial charge on any atom is 0.328 e. The molecule has 2 amide bonds. The molecule has 1 rings (SSSR count). The average Bonchev–Trinajstić information content (AvgIpc) is 2.59. The molecule has 1 aromatic carbocycles. The summed E-state index contributed by atoms with van der Waals surface area (Å²) in [5.74, 6) is -2.83. The largest absolute Gasteiger partial charge is 0.467 e. The number of nitrogens with zero attached hydrogens (tertiary/aromatic N) is 1. The predicted molar refractivity (Wildman–Crippen MR) is 91.0 cm³/mol. The van der Waals surface area contributed by atoms with Gasteiger partial charge in [-0.25, -0.2) is 9.18 Å². The van der Waals surface area contributed by atoms with Crippen LogP contribution in [0.1, 0.15) is 25.8 Å².